The molecule has 0 atom stereocenters. The van der Waals surface area contributed by atoms with Crippen LogP contribution < -0.4 is 9.47 Å². The summed E-state index contributed by atoms with van der Waals surface area (Å²) in [6.45, 7) is 17.8. The molecule has 0 unspecified atom stereocenters. The van der Waals surface area contributed by atoms with Gasteiger partial charge in [0.05, 0.1) is 0 Å². The van der Waals surface area contributed by atoms with Gasteiger partial charge in [-0.3, -0.25) is 0 Å². The van der Waals surface area contributed by atoms with Gasteiger partial charge in [-0.2, -0.15) is 0 Å². The fourth-order valence-corrected chi connectivity index (χ4v) is 6.92. The average molecular weight is 613 g/mol. The van der Waals surface area contributed by atoms with Crippen molar-refractivity contribution in [2.75, 3.05) is 0 Å². The first-order valence-corrected chi connectivity index (χ1v) is 17.1. The number of benzene rings is 4. The van der Waals surface area contributed by atoms with E-state index < -0.39 is 0 Å². The van der Waals surface area contributed by atoms with Crippen molar-refractivity contribution < 1.29 is 9.47 Å². The molecule has 1 aliphatic carbocycles. The van der Waals surface area contributed by atoms with Crippen LogP contribution in [0.3, 0.4) is 0 Å². The van der Waals surface area contributed by atoms with Crippen LogP contribution in [-0.2, 0) is 16.2 Å². The van der Waals surface area contributed by atoms with Gasteiger partial charge in [0.25, 0.3) is 0 Å². The molecule has 0 aromatic heterocycles. The maximum atomic E-state index is 6.69. The van der Waals surface area contributed by atoms with Crippen molar-refractivity contribution in [1.82, 2.24) is 0 Å². The second-order valence-corrected chi connectivity index (χ2v) is 14.8. The van der Waals surface area contributed by atoms with Crippen molar-refractivity contribution in [3.05, 3.63) is 130 Å². The molecule has 2 heteroatoms. The fourth-order valence-electron chi connectivity index (χ4n) is 6.92. The molecule has 0 spiro atoms. The third-order valence-electron chi connectivity index (χ3n) is 9.36. The van der Waals surface area contributed by atoms with E-state index in [-0.39, 0.29) is 16.2 Å². The maximum absolute atomic E-state index is 6.69. The van der Waals surface area contributed by atoms with Crippen LogP contribution >= 0.6 is 0 Å². The molecule has 0 N–H and O–H groups in total. The lowest BCUT2D eigenvalue weighted by Gasteiger charge is -2.40. The van der Waals surface area contributed by atoms with E-state index in [1.54, 1.807) is 0 Å². The van der Waals surface area contributed by atoms with Crippen molar-refractivity contribution in [2.24, 2.45) is 0 Å². The van der Waals surface area contributed by atoms with Crippen molar-refractivity contribution in [3.63, 3.8) is 0 Å². The van der Waals surface area contributed by atoms with Gasteiger partial charge in [0.2, 0.25) is 0 Å². The van der Waals surface area contributed by atoms with Gasteiger partial charge < -0.3 is 9.47 Å². The van der Waals surface area contributed by atoms with E-state index in [1.807, 2.05) is 26.0 Å². The largest absolute Gasteiger partial charge is 0.456 e. The van der Waals surface area contributed by atoms with E-state index >= 15 is 0 Å². The van der Waals surface area contributed by atoms with Crippen LogP contribution in [0.15, 0.2) is 97.1 Å². The lowest BCUT2D eigenvalue weighted by molar-refractivity contribution is 0.343. The molecule has 240 valence electrons. The van der Waals surface area contributed by atoms with E-state index in [9.17, 15) is 0 Å². The van der Waals surface area contributed by atoms with Crippen molar-refractivity contribution in [3.8, 4) is 23.0 Å². The Bertz CT molecular complexity index is 1580. The summed E-state index contributed by atoms with van der Waals surface area (Å²) in [5.74, 6) is 3.62. The Labute approximate surface area is 278 Å². The number of hydrogen-bond acceptors (Lipinski definition) is 2. The third kappa shape index (κ3) is 7.17. The highest BCUT2D eigenvalue weighted by molar-refractivity contribution is 5.60. The van der Waals surface area contributed by atoms with Crippen LogP contribution in [0.1, 0.15) is 121 Å². The Balaban J connectivity index is 1.62. The minimum Gasteiger partial charge on any atom is -0.456 e. The average Bonchev–Trinajstić information content (AvgIpc) is 3.03. The molecule has 0 amide bonds. The maximum Gasteiger partial charge on any atom is 0.134 e. The minimum absolute atomic E-state index is 0.0684. The first-order chi connectivity index (χ1) is 22.0. The predicted octanol–water partition coefficient (Wildman–Crippen LogP) is 13.2. The topological polar surface area (TPSA) is 18.5 Å². The van der Waals surface area contributed by atoms with Crippen molar-refractivity contribution >= 4 is 12.2 Å². The van der Waals surface area contributed by atoms with Gasteiger partial charge in [0, 0.05) is 27.7 Å². The minimum atomic E-state index is -0.0919. The van der Waals surface area contributed by atoms with E-state index in [0.717, 1.165) is 47.0 Å². The molecular weight excluding hydrogens is 560 g/mol. The van der Waals surface area contributed by atoms with Crippen LogP contribution in [0.4, 0.5) is 0 Å². The highest BCUT2D eigenvalue weighted by Gasteiger charge is 2.38. The van der Waals surface area contributed by atoms with Gasteiger partial charge in [0.15, 0.2) is 0 Å². The highest BCUT2D eigenvalue weighted by atomic mass is 16.5. The predicted molar refractivity (Wildman–Crippen MR) is 197 cm³/mol. The second kappa shape index (κ2) is 13.8. The lowest BCUT2D eigenvalue weighted by atomic mass is 9.64. The zero-order chi connectivity index (χ0) is 33.0. The number of rotatable bonds is 8. The molecule has 1 aliphatic rings. The van der Waals surface area contributed by atoms with E-state index in [4.69, 9.17) is 9.47 Å². The molecule has 0 saturated heterocycles. The standard InChI is InChI=1S/C44H52O2/c1-9-18-32-20-12-14-22-38(32)45-40-26-24-34(30-36(40)42(3,4)5)44(28-16-11-17-29-44)35-25-27-41(37(31-35)43(6,7)8)46-39-23-15-13-21-33(39)19-10-2/h9-10,12-15,18-27,30-31H,11,16-17,28-29H2,1-8H3. The summed E-state index contributed by atoms with van der Waals surface area (Å²) in [5.41, 5.74) is 7.17. The molecule has 2 nitrogen and oxygen atoms in total. The van der Waals surface area contributed by atoms with Crippen LogP contribution in [0.2, 0.25) is 0 Å². The highest BCUT2D eigenvalue weighted by Crippen LogP contribution is 2.49. The van der Waals surface area contributed by atoms with Gasteiger partial charge in [-0.15, -0.1) is 0 Å². The molecule has 4 aromatic carbocycles. The van der Waals surface area contributed by atoms with Gasteiger partial charge >= 0.3 is 0 Å². The Morgan fingerprint density at radius 2 is 0.935 bits per heavy atom. The summed E-state index contributed by atoms with van der Waals surface area (Å²) in [5, 5.41) is 0. The smallest absolute Gasteiger partial charge is 0.134 e. The Hall–Kier alpha value is -4.04. The van der Waals surface area contributed by atoms with Gasteiger partial charge in [0.1, 0.15) is 23.0 Å². The van der Waals surface area contributed by atoms with Crippen LogP contribution in [0.5, 0.6) is 23.0 Å². The molecule has 1 saturated carbocycles. The normalized spacial score (nSPS) is 15.4. The monoisotopic (exact) mass is 612 g/mol. The molecule has 0 heterocycles. The Morgan fingerprint density at radius 3 is 1.33 bits per heavy atom. The lowest BCUT2D eigenvalue weighted by Crippen LogP contribution is -2.31. The van der Waals surface area contributed by atoms with Crippen molar-refractivity contribution in [2.45, 2.75) is 104 Å². The van der Waals surface area contributed by atoms with Crippen LogP contribution in [-0.4, -0.2) is 0 Å². The summed E-state index contributed by atoms with van der Waals surface area (Å²) < 4.78 is 13.4. The SMILES string of the molecule is CC=Cc1ccccc1Oc1ccc(C2(c3ccc(Oc4ccccc4C=CC)c(C(C)(C)C)c3)CCCCC2)cc1C(C)(C)C. The zero-order valence-corrected chi connectivity index (χ0v) is 29.2. The number of ether oxygens (including phenoxy) is 2. The van der Waals surface area contributed by atoms with E-state index in [0.29, 0.717) is 0 Å². The molecule has 5 rings (SSSR count). The molecule has 0 radical (unpaired) electrons. The van der Waals surface area contributed by atoms with Crippen LogP contribution in [0.25, 0.3) is 12.2 Å². The number of allylic oxidation sites excluding steroid dienone is 2. The van der Waals surface area contributed by atoms with Crippen molar-refractivity contribution in [1.29, 1.82) is 0 Å². The molecule has 0 aliphatic heterocycles. The van der Waals surface area contributed by atoms with Gasteiger partial charge in [-0.25, -0.2) is 0 Å². The number of para-hydroxylation sites is 2. The summed E-state index contributed by atoms with van der Waals surface area (Å²) in [6.07, 6.45) is 14.3. The molecule has 1 fully saturated rings. The summed E-state index contributed by atoms with van der Waals surface area (Å²) in [7, 11) is 0. The Kier molecular flexibility index (Phi) is 9.96. The van der Waals surface area contributed by atoms with Gasteiger partial charge in [-0.1, -0.05) is 146 Å². The third-order valence-corrected chi connectivity index (χ3v) is 9.36. The summed E-state index contributed by atoms with van der Waals surface area (Å²) >= 11 is 0. The fraction of sp³-hybridized carbons (Fsp3) is 0.364. The van der Waals surface area contributed by atoms with Crippen LogP contribution in [0, 0.1) is 0 Å². The quantitative estimate of drug-likeness (QED) is 0.197. The zero-order valence-electron chi connectivity index (χ0n) is 29.2. The second-order valence-electron chi connectivity index (χ2n) is 14.8. The first kappa shape index (κ1) is 33.3. The molecular formula is C44H52O2. The van der Waals surface area contributed by atoms with Gasteiger partial charge in [-0.05, 0) is 72.9 Å². The molecule has 4 aromatic rings. The molecule has 0 bridgehead atoms. The summed E-state index contributed by atoms with van der Waals surface area (Å²) in [4.78, 5) is 0. The number of hydrogen-bond donors (Lipinski definition) is 0. The van der Waals surface area contributed by atoms with E-state index in [1.165, 1.54) is 41.5 Å². The van der Waals surface area contributed by atoms with E-state index in [2.05, 4.69) is 139 Å². The summed E-state index contributed by atoms with van der Waals surface area (Å²) in [6, 6.07) is 30.6. The Morgan fingerprint density at radius 1 is 0.522 bits per heavy atom. The first-order valence-electron chi connectivity index (χ1n) is 17.1. The molecule has 46 heavy (non-hydrogen) atoms.